The van der Waals surface area contributed by atoms with Gasteiger partial charge in [0.1, 0.15) is 22.7 Å². The van der Waals surface area contributed by atoms with Crippen LogP contribution in [-0.2, 0) is 0 Å². The standard InChI is InChI=1S/C17H13N3O3S2/c1-2-23-11-3-4-12-14(7-11)25-17(19-12)20-15(21)13-9-24-16(18-13)10-5-6-22-8-10/h3-9H,2H2,1H3,(H,19,20,21). The van der Waals surface area contributed by atoms with Gasteiger partial charge in [0.25, 0.3) is 5.91 Å². The Balaban J connectivity index is 1.53. The molecule has 4 aromatic rings. The third-order valence-electron chi connectivity index (χ3n) is 3.40. The Kier molecular flexibility index (Phi) is 4.21. The average molecular weight is 371 g/mol. The van der Waals surface area contributed by atoms with Gasteiger partial charge in [-0.15, -0.1) is 11.3 Å². The topological polar surface area (TPSA) is 77.2 Å². The van der Waals surface area contributed by atoms with Crippen molar-refractivity contribution in [2.45, 2.75) is 6.92 Å². The molecule has 126 valence electrons. The third kappa shape index (κ3) is 3.26. The second kappa shape index (κ2) is 6.66. The molecule has 0 aliphatic carbocycles. The summed E-state index contributed by atoms with van der Waals surface area (Å²) in [4.78, 5) is 21.2. The second-order valence-electron chi connectivity index (χ2n) is 5.09. The zero-order valence-corrected chi connectivity index (χ0v) is 14.8. The fourth-order valence-corrected chi connectivity index (χ4v) is 3.95. The van der Waals surface area contributed by atoms with Crippen LogP contribution in [0.2, 0.25) is 0 Å². The van der Waals surface area contributed by atoms with Gasteiger partial charge in [-0.25, -0.2) is 9.97 Å². The van der Waals surface area contributed by atoms with Crippen LogP contribution in [0.3, 0.4) is 0 Å². The van der Waals surface area contributed by atoms with Crippen molar-refractivity contribution in [3.8, 4) is 16.3 Å². The number of anilines is 1. The first-order valence-electron chi connectivity index (χ1n) is 7.56. The number of nitrogens with zero attached hydrogens (tertiary/aromatic N) is 2. The van der Waals surface area contributed by atoms with Crippen molar-refractivity contribution in [1.82, 2.24) is 9.97 Å². The van der Waals surface area contributed by atoms with E-state index in [0.29, 0.717) is 17.4 Å². The monoisotopic (exact) mass is 371 g/mol. The molecule has 3 heterocycles. The molecule has 0 bridgehead atoms. The minimum absolute atomic E-state index is 0.282. The molecular weight excluding hydrogens is 358 g/mol. The molecule has 0 saturated heterocycles. The molecule has 1 amide bonds. The van der Waals surface area contributed by atoms with Crippen LogP contribution >= 0.6 is 22.7 Å². The van der Waals surface area contributed by atoms with Gasteiger partial charge in [-0.2, -0.15) is 0 Å². The van der Waals surface area contributed by atoms with Gasteiger partial charge in [-0.1, -0.05) is 11.3 Å². The van der Waals surface area contributed by atoms with Gasteiger partial charge in [0, 0.05) is 10.9 Å². The first kappa shape index (κ1) is 15.8. The second-order valence-corrected chi connectivity index (χ2v) is 6.97. The lowest BCUT2D eigenvalue weighted by Gasteiger charge is -2.00. The van der Waals surface area contributed by atoms with E-state index in [2.05, 4.69) is 15.3 Å². The zero-order chi connectivity index (χ0) is 17.2. The van der Waals surface area contributed by atoms with E-state index in [1.165, 1.54) is 22.7 Å². The van der Waals surface area contributed by atoms with Crippen LogP contribution in [0.25, 0.3) is 20.8 Å². The number of ether oxygens (including phenoxy) is 1. The van der Waals surface area contributed by atoms with Crippen molar-refractivity contribution < 1.29 is 13.9 Å². The first-order chi connectivity index (χ1) is 12.2. The molecule has 6 nitrogen and oxygen atoms in total. The molecule has 8 heteroatoms. The van der Waals surface area contributed by atoms with E-state index in [9.17, 15) is 4.79 Å². The molecule has 0 radical (unpaired) electrons. The van der Waals surface area contributed by atoms with E-state index in [1.807, 2.05) is 31.2 Å². The Bertz CT molecular complexity index is 1020. The highest BCUT2D eigenvalue weighted by Gasteiger charge is 2.15. The van der Waals surface area contributed by atoms with Crippen LogP contribution in [0, 0.1) is 0 Å². The minimum atomic E-state index is -0.282. The fourth-order valence-electron chi connectivity index (χ4n) is 2.27. The largest absolute Gasteiger partial charge is 0.494 e. The van der Waals surface area contributed by atoms with Crippen molar-refractivity contribution in [3.05, 3.63) is 47.9 Å². The van der Waals surface area contributed by atoms with Gasteiger partial charge in [0.2, 0.25) is 0 Å². The van der Waals surface area contributed by atoms with E-state index in [-0.39, 0.29) is 5.91 Å². The minimum Gasteiger partial charge on any atom is -0.494 e. The molecule has 0 fully saturated rings. The zero-order valence-electron chi connectivity index (χ0n) is 13.2. The molecule has 1 aromatic carbocycles. The van der Waals surface area contributed by atoms with E-state index < -0.39 is 0 Å². The van der Waals surface area contributed by atoms with E-state index in [1.54, 1.807) is 17.9 Å². The van der Waals surface area contributed by atoms with E-state index in [0.717, 1.165) is 26.5 Å². The van der Waals surface area contributed by atoms with Gasteiger partial charge in [-0.3, -0.25) is 10.1 Å². The summed E-state index contributed by atoms with van der Waals surface area (Å²) in [6.45, 7) is 2.55. The Morgan fingerprint density at radius 1 is 1.32 bits per heavy atom. The maximum absolute atomic E-state index is 12.4. The number of amides is 1. The molecule has 0 aliphatic heterocycles. The molecule has 4 rings (SSSR count). The summed E-state index contributed by atoms with van der Waals surface area (Å²) in [5.41, 5.74) is 2.03. The molecule has 0 spiro atoms. The summed E-state index contributed by atoms with van der Waals surface area (Å²) >= 11 is 2.80. The highest BCUT2D eigenvalue weighted by Crippen LogP contribution is 2.30. The van der Waals surface area contributed by atoms with Crippen molar-refractivity contribution >= 4 is 43.9 Å². The number of hydrogen-bond acceptors (Lipinski definition) is 7. The number of carbonyl (C=O) groups excluding carboxylic acids is 1. The van der Waals surface area contributed by atoms with Crippen LogP contribution in [0.5, 0.6) is 5.75 Å². The summed E-state index contributed by atoms with van der Waals surface area (Å²) in [7, 11) is 0. The van der Waals surface area contributed by atoms with Gasteiger partial charge in [0.05, 0.1) is 23.1 Å². The number of nitrogens with one attached hydrogen (secondary N) is 1. The number of aromatic nitrogens is 2. The summed E-state index contributed by atoms with van der Waals surface area (Å²) in [5.74, 6) is 0.510. The Labute approximate surface area is 151 Å². The number of fused-ring (bicyclic) bond motifs is 1. The molecular formula is C17H13N3O3S2. The van der Waals surface area contributed by atoms with Crippen molar-refractivity contribution in [1.29, 1.82) is 0 Å². The van der Waals surface area contributed by atoms with Gasteiger partial charge < -0.3 is 9.15 Å². The molecule has 0 atom stereocenters. The SMILES string of the molecule is CCOc1ccc2nc(NC(=O)c3csc(-c4ccoc4)n3)sc2c1. The maximum Gasteiger partial charge on any atom is 0.276 e. The summed E-state index contributed by atoms with van der Waals surface area (Å²) in [5, 5.41) is 5.80. The van der Waals surface area contributed by atoms with Gasteiger partial charge >= 0.3 is 0 Å². The predicted octanol–water partition coefficient (Wildman–Crippen LogP) is 4.66. The van der Waals surface area contributed by atoms with Crippen LogP contribution in [-0.4, -0.2) is 22.5 Å². The van der Waals surface area contributed by atoms with Gasteiger partial charge in [-0.05, 0) is 31.2 Å². The number of hydrogen-bond donors (Lipinski definition) is 1. The number of benzene rings is 1. The predicted molar refractivity (Wildman–Crippen MR) is 98.6 cm³/mol. The van der Waals surface area contributed by atoms with Crippen molar-refractivity contribution in [2.24, 2.45) is 0 Å². The van der Waals surface area contributed by atoms with E-state index >= 15 is 0 Å². The molecule has 0 saturated carbocycles. The van der Waals surface area contributed by atoms with Crippen LogP contribution in [0.4, 0.5) is 5.13 Å². The highest BCUT2D eigenvalue weighted by atomic mass is 32.1. The Morgan fingerprint density at radius 2 is 2.24 bits per heavy atom. The number of rotatable bonds is 5. The number of thiazole rings is 2. The van der Waals surface area contributed by atoms with Gasteiger partial charge in [0.15, 0.2) is 5.13 Å². The summed E-state index contributed by atoms with van der Waals surface area (Å²) in [6.07, 6.45) is 3.18. The number of carbonyl (C=O) groups is 1. The lowest BCUT2D eigenvalue weighted by atomic mass is 10.3. The summed E-state index contributed by atoms with van der Waals surface area (Å²) in [6, 6.07) is 7.48. The van der Waals surface area contributed by atoms with Crippen molar-refractivity contribution in [3.63, 3.8) is 0 Å². The quantitative estimate of drug-likeness (QED) is 0.552. The molecule has 1 N–H and O–H groups in total. The first-order valence-corrected chi connectivity index (χ1v) is 9.25. The van der Waals surface area contributed by atoms with Crippen LogP contribution < -0.4 is 10.1 Å². The molecule has 25 heavy (non-hydrogen) atoms. The molecule has 0 unspecified atom stereocenters. The fraction of sp³-hybridized carbons (Fsp3) is 0.118. The molecule has 3 aromatic heterocycles. The lowest BCUT2D eigenvalue weighted by Crippen LogP contribution is -2.11. The van der Waals surface area contributed by atoms with E-state index in [4.69, 9.17) is 9.15 Å². The number of furan rings is 1. The average Bonchev–Trinajstić information content (AvgIpc) is 3.34. The summed E-state index contributed by atoms with van der Waals surface area (Å²) < 4.78 is 11.5. The van der Waals surface area contributed by atoms with Crippen LogP contribution in [0.15, 0.2) is 46.6 Å². The van der Waals surface area contributed by atoms with Crippen LogP contribution in [0.1, 0.15) is 17.4 Å². The Morgan fingerprint density at radius 3 is 3.04 bits per heavy atom. The normalized spacial score (nSPS) is 10.9. The Hall–Kier alpha value is -2.71. The van der Waals surface area contributed by atoms with Crippen molar-refractivity contribution in [2.75, 3.05) is 11.9 Å². The highest BCUT2D eigenvalue weighted by molar-refractivity contribution is 7.22. The lowest BCUT2D eigenvalue weighted by molar-refractivity contribution is 0.102. The maximum atomic E-state index is 12.4. The molecule has 0 aliphatic rings. The third-order valence-corrected chi connectivity index (χ3v) is 5.22. The smallest absolute Gasteiger partial charge is 0.276 e.